The van der Waals surface area contributed by atoms with Crippen molar-refractivity contribution < 1.29 is 0 Å². The molecule has 22 heavy (non-hydrogen) atoms. The minimum atomic E-state index is 0.582. The average molecular weight is 329 g/mol. The van der Waals surface area contributed by atoms with Gasteiger partial charge in [0.1, 0.15) is 0 Å². The van der Waals surface area contributed by atoms with Gasteiger partial charge in [-0.3, -0.25) is 0 Å². The molecule has 2 aromatic carbocycles. The van der Waals surface area contributed by atoms with Gasteiger partial charge in [0.25, 0.3) is 0 Å². The predicted molar refractivity (Wildman–Crippen MR) is 99.8 cm³/mol. The molecule has 0 radical (unpaired) electrons. The van der Waals surface area contributed by atoms with E-state index in [9.17, 15) is 0 Å². The van der Waals surface area contributed by atoms with Crippen LogP contribution in [0.2, 0.25) is 0 Å². The van der Waals surface area contributed by atoms with E-state index in [2.05, 4.69) is 71.1 Å². The van der Waals surface area contributed by atoms with Crippen molar-refractivity contribution in [3.63, 3.8) is 0 Å². The lowest BCUT2D eigenvalue weighted by atomic mass is 9.99. The Morgan fingerprint density at radius 3 is 2.77 bits per heavy atom. The second-order valence-corrected chi connectivity index (χ2v) is 6.77. The van der Waals surface area contributed by atoms with Crippen molar-refractivity contribution in [3.8, 4) is 0 Å². The van der Waals surface area contributed by atoms with E-state index in [1.54, 1.807) is 11.8 Å². The molecule has 0 bridgehead atoms. The van der Waals surface area contributed by atoms with Gasteiger partial charge in [0, 0.05) is 29.6 Å². The molecule has 1 saturated heterocycles. The predicted octanol–water partition coefficient (Wildman–Crippen LogP) is 4.59. The fourth-order valence-electron chi connectivity index (χ4n) is 2.85. The van der Waals surface area contributed by atoms with Crippen LogP contribution in [-0.2, 0) is 0 Å². The minimum absolute atomic E-state index is 0.582. The molecule has 0 aromatic heterocycles. The first-order valence-electron chi connectivity index (χ1n) is 7.51. The summed E-state index contributed by atoms with van der Waals surface area (Å²) in [5, 5.41) is 4.20. The second-order valence-electron chi connectivity index (χ2n) is 5.50. The van der Waals surface area contributed by atoms with E-state index in [0.29, 0.717) is 5.92 Å². The highest BCUT2D eigenvalue weighted by atomic mass is 32.2. The molecular weight excluding hydrogens is 308 g/mol. The molecule has 0 saturated carbocycles. The zero-order valence-electron chi connectivity index (χ0n) is 12.7. The number of thiocarbonyl (C=S) groups is 1. The summed E-state index contributed by atoms with van der Waals surface area (Å²) in [5.41, 5.74) is 2.48. The number of nitrogens with zero attached hydrogens (tertiary/aromatic N) is 1. The number of nitrogens with one attached hydrogen (secondary N) is 1. The number of hydrogen-bond donors (Lipinski definition) is 1. The molecule has 0 unspecified atom stereocenters. The van der Waals surface area contributed by atoms with Gasteiger partial charge in [0.2, 0.25) is 0 Å². The first-order chi connectivity index (χ1) is 10.8. The van der Waals surface area contributed by atoms with Gasteiger partial charge in [0.05, 0.1) is 0 Å². The second kappa shape index (κ2) is 7.16. The summed E-state index contributed by atoms with van der Waals surface area (Å²) in [6, 6.07) is 19.1. The van der Waals surface area contributed by atoms with Crippen LogP contribution in [0.1, 0.15) is 17.9 Å². The van der Waals surface area contributed by atoms with Crippen LogP contribution >= 0.6 is 24.0 Å². The Bertz CT molecular complexity index is 643. The van der Waals surface area contributed by atoms with Crippen LogP contribution < -0.4 is 5.32 Å². The lowest BCUT2D eigenvalue weighted by molar-refractivity contribution is 0.518. The molecule has 3 rings (SSSR count). The molecule has 1 fully saturated rings. The Hall–Kier alpha value is -1.52. The van der Waals surface area contributed by atoms with E-state index >= 15 is 0 Å². The zero-order valence-corrected chi connectivity index (χ0v) is 14.3. The maximum absolute atomic E-state index is 5.59. The first-order valence-corrected chi connectivity index (χ1v) is 9.14. The van der Waals surface area contributed by atoms with E-state index in [0.717, 1.165) is 30.3 Å². The molecule has 0 spiro atoms. The fraction of sp³-hybridized carbons (Fsp3) is 0.278. The van der Waals surface area contributed by atoms with Gasteiger partial charge in [-0.25, -0.2) is 0 Å². The first kappa shape index (κ1) is 15.4. The minimum Gasteiger partial charge on any atom is -0.348 e. The summed E-state index contributed by atoms with van der Waals surface area (Å²) in [6.07, 6.45) is 3.25. The largest absolute Gasteiger partial charge is 0.348 e. The van der Waals surface area contributed by atoms with Crippen LogP contribution in [0.5, 0.6) is 0 Å². The van der Waals surface area contributed by atoms with E-state index in [1.807, 2.05) is 0 Å². The Kier molecular flexibility index (Phi) is 5.01. The maximum Gasteiger partial charge on any atom is 0.173 e. The highest BCUT2D eigenvalue weighted by Crippen LogP contribution is 2.27. The average Bonchev–Trinajstić information content (AvgIpc) is 3.06. The van der Waals surface area contributed by atoms with Crippen LogP contribution in [-0.4, -0.2) is 29.4 Å². The van der Waals surface area contributed by atoms with E-state index in [4.69, 9.17) is 12.2 Å². The highest BCUT2D eigenvalue weighted by Gasteiger charge is 2.25. The number of hydrogen-bond acceptors (Lipinski definition) is 2. The van der Waals surface area contributed by atoms with Gasteiger partial charge >= 0.3 is 0 Å². The van der Waals surface area contributed by atoms with Crippen LogP contribution in [0.3, 0.4) is 0 Å². The SMILES string of the molecule is CSc1cccc(NC(=S)N2CC[C@H](c3ccccc3)C2)c1. The highest BCUT2D eigenvalue weighted by molar-refractivity contribution is 7.98. The summed E-state index contributed by atoms with van der Waals surface area (Å²) < 4.78 is 0. The summed E-state index contributed by atoms with van der Waals surface area (Å²) in [4.78, 5) is 3.52. The molecule has 1 aliphatic rings. The Labute approximate surface area is 141 Å². The maximum atomic E-state index is 5.59. The third-order valence-corrected chi connectivity index (χ3v) is 5.15. The van der Waals surface area contributed by atoms with Crippen molar-refractivity contribution in [2.75, 3.05) is 24.7 Å². The lowest BCUT2D eigenvalue weighted by Gasteiger charge is -2.21. The van der Waals surface area contributed by atoms with Gasteiger partial charge in [-0.2, -0.15) is 0 Å². The number of likely N-dealkylation sites (tertiary alicyclic amines) is 1. The number of benzene rings is 2. The summed E-state index contributed by atoms with van der Waals surface area (Å²) in [7, 11) is 0. The van der Waals surface area contributed by atoms with Gasteiger partial charge in [-0.1, -0.05) is 36.4 Å². The van der Waals surface area contributed by atoms with Crippen molar-refractivity contribution in [1.82, 2.24) is 4.90 Å². The Balaban J connectivity index is 1.62. The summed E-state index contributed by atoms with van der Waals surface area (Å²) >= 11 is 7.33. The van der Waals surface area contributed by atoms with Crippen LogP contribution in [0.15, 0.2) is 59.5 Å². The molecular formula is C18H20N2S2. The normalized spacial score (nSPS) is 17.5. The standard InChI is InChI=1S/C18H20N2S2/c1-22-17-9-5-8-16(12-17)19-18(21)20-11-10-15(13-20)14-6-3-2-4-7-14/h2-9,12,15H,10-11,13H2,1H3,(H,19,21)/t15-/m0/s1. The summed E-state index contributed by atoms with van der Waals surface area (Å²) in [5.74, 6) is 0.582. The molecule has 1 aliphatic heterocycles. The molecule has 0 amide bonds. The van der Waals surface area contributed by atoms with Gasteiger partial charge < -0.3 is 10.2 Å². The van der Waals surface area contributed by atoms with Crippen LogP contribution in [0.25, 0.3) is 0 Å². The van der Waals surface area contributed by atoms with Gasteiger partial charge in [-0.05, 0) is 48.7 Å². The smallest absolute Gasteiger partial charge is 0.173 e. The number of thioether (sulfide) groups is 1. The zero-order chi connectivity index (χ0) is 15.4. The van der Waals surface area contributed by atoms with Crippen LogP contribution in [0.4, 0.5) is 5.69 Å². The molecule has 114 valence electrons. The number of rotatable bonds is 3. The Morgan fingerprint density at radius 1 is 1.18 bits per heavy atom. The van der Waals surface area contributed by atoms with Crippen molar-refractivity contribution >= 4 is 34.8 Å². The molecule has 4 heteroatoms. The third kappa shape index (κ3) is 3.62. The van der Waals surface area contributed by atoms with Crippen molar-refractivity contribution in [2.45, 2.75) is 17.2 Å². The van der Waals surface area contributed by atoms with Crippen molar-refractivity contribution in [2.24, 2.45) is 0 Å². The molecule has 2 aromatic rings. The van der Waals surface area contributed by atoms with Gasteiger partial charge in [-0.15, -0.1) is 11.8 Å². The van der Waals surface area contributed by atoms with Crippen molar-refractivity contribution in [1.29, 1.82) is 0 Å². The van der Waals surface area contributed by atoms with Gasteiger partial charge in [0.15, 0.2) is 5.11 Å². The molecule has 1 atom stereocenters. The van der Waals surface area contributed by atoms with E-state index in [-0.39, 0.29) is 0 Å². The van der Waals surface area contributed by atoms with Crippen molar-refractivity contribution in [3.05, 3.63) is 60.2 Å². The molecule has 0 aliphatic carbocycles. The van der Waals surface area contributed by atoms with E-state index in [1.165, 1.54) is 10.5 Å². The monoisotopic (exact) mass is 328 g/mol. The summed E-state index contributed by atoms with van der Waals surface area (Å²) in [6.45, 7) is 2.02. The number of anilines is 1. The third-order valence-electron chi connectivity index (χ3n) is 4.07. The molecule has 1 heterocycles. The molecule has 1 N–H and O–H groups in total. The topological polar surface area (TPSA) is 15.3 Å². The Morgan fingerprint density at radius 2 is 2.00 bits per heavy atom. The quantitative estimate of drug-likeness (QED) is 0.654. The molecule has 2 nitrogen and oxygen atoms in total. The fourth-order valence-corrected chi connectivity index (χ4v) is 3.59. The lowest BCUT2D eigenvalue weighted by Crippen LogP contribution is -2.32. The van der Waals surface area contributed by atoms with E-state index < -0.39 is 0 Å². The van der Waals surface area contributed by atoms with Crippen LogP contribution in [0, 0.1) is 0 Å².